The highest BCUT2D eigenvalue weighted by Gasteiger charge is 2.37. The molecule has 0 bridgehead atoms. The van der Waals surface area contributed by atoms with Crippen LogP contribution in [-0.2, 0) is 0 Å². The smallest absolute Gasteiger partial charge is 0.390 e. The van der Waals surface area contributed by atoms with Gasteiger partial charge in [-0.1, -0.05) is 11.6 Å². The topological polar surface area (TPSA) is 24.5 Å². The van der Waals surface area contributed by atoms with Crippen molar-refractivity contribution in [3.05, 3.63) is 28.8 Å². The minimum absolute atomic E-state index is 0.410. The standard InChI is InChI=1S/C14H18ClF3N2O/c1-21-13-3-2-10(15)8-11(13)12(9-14(16,17)18)20-6-4-19-5-7-20/h2-3,8,12,19H,4-7,9H2,1H3/t12-/m1/s1. The van der Waals surface area contributed by atoms with Crippen LogP contribution in [0.5, 0.6) is 5.75 Å². The molecular weight excluding hydrogens is 305 g/mol. The molecule has 1 aliphatic rings. The second-order valence-corrected chi connectivity index (χ2v) is 5.44. The van der Waals surface area contributed by atoms with E-state index in [0.717, 1.165) is 0 Å². The number of halogens is 4. The lowest BCUT2D eigenvalue weighted by Gasteiger charge is -2.36. The van der Waals surface area contributed by atoms with Crippen LogP contribution in [0.4, 0.5) is 13.2 Å². The number of hydrogen-bond donors (Lipinski definition) is 1. The molecule has 1 N–H and O–H groups in total. The van der Waals surface area contributed by atoms with Gasteiger partial charge in [0.1, 0.15) is 5.75 Å². The van der Waals surface area contributed by atoms with Crippen molar-refractivity contribution >= 4 is 11.6 Å². The Hall–Kier alpha value is -0.980. The fourth-order valence-corrected chi connectivity index (χ4v) is 2.79. The number of hydrogen-bond acceptors (Lipinski definition) is 3. The summed E-state index contributed by atoms with van der Waals surface area (Å²) in [5.41, 5.74) is 0.490. The lowest BCUT2D eigenvalue weighted by molar-refractivity contribution is -0.148. The second-order valence-electron chi connectivity index (χ2n) is 5.01. The van der Waals surface area contributed by atoms with Gasteiger partial charge in [-0.15, -0.1) is 0 Å². The van der Waals surface area contributed by atoms with E-state index < -0.39 is 18.6 Å². The van der Waals surface area contributed by atoms with Gasteiger partial charge >= 0.3 is 6.18 Å². The molecule has 0 aliphatic carbocycles. The fourth-order valence-electron chi connectivity index (χ4n) is 2.61. The van der Waals surface area contributed by atoms with Crippen LogP contribution in [-0.4, -0.2) is 44.4 Å². The number of alkyl halides is 3. The van der Waals surface area contributed by atoms with Crippen molar-refractivity contribution in [3.8, 4) is 5.75 Å². The molecule has 0 unspecified atom stereocenters. The van der Waals surface area contributed by atoms with Crippen molar-refractivity contribution < 1.29 is 17.9 Å². The molecule has 1 heterocycles. The summed E-state index contributed by atoms with van der Waals surface area (Å²) in [4.78, 5) is 1.83. The van der Waals surface area contributed by atoms with E-state index in [-0.39, 0.29) is 0 Å². The van der Waals surface area contributed by atoms with Gasteiger partial charge in [0.2, 0.25) is 0 Å². The van der Waals surface area contributed by atoms with Gasteiger partial charge in [-0.05, 0) is 18.2 Å². The summed E-state index contributed by atoms with van der Waals surface area (Å²) in [5, 5.41) is 3.55. The molecule has 1 fully saturated rings. The molecule has 0 amide bonds. The highest BCUT2D eigenvalue weighted by Crippen LogP contribution is 2.39. The van der Waals surface area contributed by atoms with Crippen LogP contribution in [0.15, 0.2) is 18.2 Å². The number of benzene rings is 1. The third kappa shape index (κ3) is 4.49. The van der Waals surface area contributed by atoms with E-state index in [2.05, 4.69) is 5.32 Å². The molecule has 0 spiro atoms. The van der Waals surface area contributed by atoms with Crippen LogP contribution in [0, 0.1) is 0 Å². The molecule has 1 aromatic rings. The Kier molecular flexibility index (Phi) is 5.35. The first-order chi connectivity index (χ1) is 9.90. The lowest BCUT2D eigenvalue weighted by Crippen LogP contribution is -2.46. The number of ether oxygens (including phenoxy) is 1. The maximum Gasteiger partial charge on any atom is 0.390 e. The van der Waals surface area contributed by atoms with Gasteiger partial charge < -0.3 is 10.1 Å². The molecule has 0 aromatic heterocycles. The summed E-state index contributed by atoms with van der Waals surface area (Å²) in [7, 11) is 1.45. The lowest BCUT2D eigenvalue weighted by atomic mass is 9.99. The quantitative estimate of drug-likeness (QED) is 0.921. The monoisotopic (exact) mass is 322 g/mol. The van der Waals surface area contributed by atoms with Crippen LogP contribution in [0.3, 0.4) is 0 Å². The van der Waals surface area contributed by atoms with E-state index in [9.17, 15) is 13.2 Å². The number of nitrogens with zero attached hydrogens (tertiary/aromatic N) is 1. The number of methoxy groups -OCH3 is 1. The van der Waals surface area contributed by atoms with Crippen LogP contribution in [0.1, 0.15) is 18.0 Å². The Morgan fingerprint density at radius 3 is 2.57 bits per heavy atom. The molecule has 0 saturated carbocycles. The van der Waals surface area contributed by atoms with Crippen LogP contribution < -0.4 is 10.1 Å². The van der Waals surface area contributed by atoms with Crippen LogP contribution in [0.2, 0.25) is 5.02 Å². The van der Waals surface area contributed by atoms with Crippen molar-refractivity contribution in [2.75, 3.05) is 33.3 Å². The summed E-state index contributed by atoms with van der Waals surface area (Å²) in [6.45, 7) is 2.49. The van der Waals surface area contributed by atoms with Gasteiger partial charge in [-0.2, -0.15) is 13.2 Å². The zero-order chi connectivity index (χ0) is 15.5. The Balaban J connectivity index is 2.35. The third-order valence-electron chi connectivity index (χ3n) is 3.57. The number of piperazine rings is 1. The van der Waals surface area contributed by atoms with Gasteiger partial charge in [0.15, 0.2) is 0 Å². The van der Waals surface area contributed by atoms with Crippen molar-refractivity contribution in [3.63, 3.8) is 0 Å². The maximum absolute atomic E-state index is 13.0. The minimum atomic E-state index is -4.25. The fraction of sp³-hybridized carbons (Fsp3) is 0.571. The molecule has 1 aromatic carbocycles. The van der Waals surface area contributed by atoms with Gasteiger partial charge in [0.25, 0.3) is 0 Å². The molecule has 7 heteroatoms. The maximum atomic E-state index is 13.0. The van der Waals surface area contributed by atoms with Gasteiger partial charge in [0.05, 0.1) is 13.5 Å². The van der Waals surface area contributed by atoms with E-state index in [1.807, 2.05) is 4.90 Å². The molecule has 1 saturated heterocycles. The van der Waals surface area contributed by atoms with Crippen molar-refractivity contribution in [2.24, 2.45) is 0 Å². The predicted molar refractivity (Wildman–Crippen MR) is 75.9 cm³/mol. The van der Waals surface area contributed by atoms with Crippen molar-refractivity contribution in [1.82, 2.24) is 10.2 Å². The highest BCUT2D eigenvalue weighted by atomic mass is 35.5. The summed E-state index contributed by atoms with van der Waals surface area (Å²) < 4.78 is 44.1. The first-order valence-corrected chi connectivity index (χ1v) is 7.13. The van der Waals surface area contributed by atoms with Gasteiger partial charge in [-0.25, -0.2) is 0 Å². The van der Waals surface area contributed by atoms with Gasteiger partial charge in [-0.3, -0.25) is 4.90 Å². The molecule has 1 aliphatic heterocycles. The van der Waals surface area contributed by atoms with E-state index in [0.29, 0.717) is 42.5 Å². The van der Waals surface area contributed by atoms with E-state index >= 15 is 0 Å². The first kappa shape index (κ1) is 16.4. The van der Waals surface area contributed by atoms with Crippen LogP contribution >= 0.6 is 11.6 Å². The summed E-state index contributed by atoms with van der Waals surface area (Å²) in [6.07, 6.45) is -5.16. The number of nitrogens with one attached hydrogen (secondary N) is 1. The summed E-state index contributed by atoms with van der Waals surface area (Å²) in [5.74, 6) is 0.437. The molecule has 21 heavy (non-hydrogen) atoms. The van der Waals surface area contributed by atoms with Crippen molar-refractivity contribution in [1.29, 1.82) is 0 Å². The SMILES string of the molecule is COc1ccc(Cl)cc1[C@@H](CC(F)(F)F)N1CCNCC1. The summed E-state index contributed by atoms with van der Waals surface area (Å²) >= 11 is 5.96. The molecule has 2 rings (SSSR count). The zero-order valence-electron chi connectivity index (χ0n) is 11.7. The normalized spacial score (nSPS) is 18.5. The molecule has 1 atom stereocenters. The molecule has 0 radical (unpaired) electrons. The average Bonchev–Trinajstić information content (AvgIpc) is 2.45. The van der Waals surface area contributed by atoms with E-state index in [1.165, 1.54) is 7.11 Å². The predicted octanol–water partition coefficient (Wildman–Crippen LogP) is 3.25. The molecular formula is C14H18ClF3N2O. The zero-order valence-corrected chi connectivity index (χ0v) is 12.5. The van der Waals surface area contributed by atoms with Crippen molar-refractivity contribution in [2.45, 2.75) is 18.6 Å². The van der Waals surface area contributed by atoms with Gasteiger partial charge in [0, 0.05) is 42.8 Å². The number of rotatable bonds is 4. The minimum Gasteiger partial charge on any atom is -0.496 e. The van der Waals surface area contributed by atoms with E-state index in [4.69, 9.17) is 16.3 Å². The Bertz CT molecular complexity index is 476. The highest BCUT2D eigenvalue weighted by molar-refractivity contribution is 6.30. The Morgan fingerprint density at radius 1 is 1.33 bits per heavy atom. The largest absolute Gasteiger partial charge is 0.496 e. The molecule has 118 valence electrons. The third-order valence-corrected chi connectivity index (χ3v) is 3.80. The Labute approximate surface area is 127 Å². The van der Waals surface area contributed by atoms with E-state index in [1.54, 1.807) is 18.2 Å². The second kappa shape index (κ2) is 6.85. The summed E-state index contributed by atoms with van der Waals surface area (Å²) in [6, 6.07) is 4.02. The first-order valence-electron chi connectivity index (χ1n) is 6.75. The Morgan fingerprint density at radius 2 is 2.00 bits per heavy atom. The molecule has 3 nitrogen and oxygen atoms in total. The van der Waals surface area contributed by atoms with Crippen LogP contribution in [0.25, 0.3) is 0 Å². The average molecular weight is 323 g/mol.